The van der Waals surface area contributed by atoms with E-state index in [2.05, 4.69) is 0 Å². The van der Waals surface area contributed by atoms with Crippen molar-refractivity contribution in [3.63, 3.8) is 0 Å². The molecule has 6 heavy (non-hydrogen) atoms. The molecule has 0 aliphatic heterocycles. The first-order valence-electron chi connectivity index (χ1n) is 0.775. The van der Waals surface area contributed by atoms with Crippen molar-refractivity contribution in [1.82, 2.24) is 0 Å². The van der Waals surface area contributed by atoms with Crippen LogP contribution in [0.15, 0.2) is 0 Å². The van der Waals surface area contributed by atoms with Gasteiger partial charge < -0.3 is 19.8 Å². The largest absolute Gasteiger partial charge is 1.00 e. The van der Waals surface area contributed by atoms with Gasteiger partial charge in [0.2, 0.25) is 0 Å². The predicted octanol–water partition coefficient (Wildman–Crippen LogP) is -8.04. The van der Waals surface area contributed by atoms with Crippen molar-refractivity contribution in [2.75, 3.05) is 0 Å². The molecule has 0 saturated heterocycles. The van der Waals surface area contributed by atoms with Crippen LogP contribution in [0.3, 0.4) is 0 Å². The van der Waals surface area contributed by atoms with Gasteiger partial charge in [-0.05, 0) is 0 Å². The zero-order chi connectivity index (χ0) is 3.58. The van der Waals surface area contributed by atoms with E-state index in [1.807, 2.05) is 0 Å². The fourth-order valence-corrected chi connectivity index (χ4v) is 0. The molecule has 0 radical (unpaired) electrons. The molecule has 32 valence electrons. The Morgan fingerprint density at radius 1 is 1.00 bits per heavy atom. The molecule has 3 N–H and O–H groups in total. The van der Waals surface area contributed by atoms with E-state index in [9.17, 15) is 0 Å². The summed E-state index contributed by atoms with van der Waals surface area (Å²) < 4.78 is 0. The quantitative estimate of drug-likeness (QED) is 0.313. The van der Waals surface area contributed by atoms with Crippen LogP contribution in [-0.4, -0.2) is 22.4 Å². The van der Waals surface area contributed by atoms with Crippen LogP contribution in [0.5, 0.6) is 0 Å². The minimum absolute atomic E-state index is 0. The molecule has 0 heterocycles. The average molecular weight is 166 g/mol. The van der Waals surface area contributed by atoms with Gasteiger partial charge in [0.15, 0.2) is 0 Å². The number of halogens is 1. The standard InChI is InChI=1S/BH3O3.FH.Rb/c2-1(3)4;;/h2-4H;1H;/q;;+1/p-1. The van der Waals surface area contributed by atoms with Gasteiger partial charge in [0.25, 0.3) is 0 Å². The molecule has 3 nitrogen and oxygen atoms in total. The van der Waals surface area contributed by atoms with Crippen molar-refractivity contribution in [2.24, 2.45) is 0 Å². The van der Waals surface area contributed by atoms with E-state index in [1.54, 1.807) is 0 Å². The smallest absolute Gasteiger partial charge is 1.00 e. The first-order chi connectivity index (χ1) is 1.73. The minimum atomic E-state index is -2.17. The number of rotatable bonds is 0. The molecule has 0 saturated carbocycles. The second kappa shape index (κ2) is 9.84. The summed E-state index contributed by atoms with van der Waals surface area (Å²) in [6.07, 6.45) is 0. The van der Waals surface area contributed by atoms with E-state index in [1.165, 1.54) is 0 Å². The van der Waals surface area contributed by atoms with Gasteiger partial charge in [-0.2, -0.15) is 0 Å². The SMILES string of the molecule is OB(O)O.[F-].[Rb+]. The summed E-state index contributed by atoms with van der Waals surface area (Å²) in [4.78, 5) is 0. The number of hydrogen-bond donors (Lipinski definition) is 3. The topological polar surface area (TPSA) is 60.7 Å². The second-order valence-electron chi connectivity index (χ2n) is 0.346. The van der Waals surface area contributed by atoms with Crippen LogP contribution in [0.4, 0.5) is 0 Å². The molecule has 0 aliphatic carbocycles. The van der Waals surface area contributed by atoms with Gasteiger partial charge >= 0.3 is 65.5 Å². The van der Waals surface area contributed by atoms with E-state index in [-0.39, 0.29) is 62.9 Å². The van der Waals surface area contributed by atoms with E-state index in [0.717, 1.165) is 0 Å². The van der Waals surface area contributed by atoms with Crippen LogP contribution in [0, 0.1) is 0 Å². The molecule has 0 rings (SSSR count). The summed E-state index contributed by atoms with van der Waals surface area (Å²) in [7, 11) is -2.17. The van der Waals surface area contributed by atoms with Crippen molar-refractivity contribution in [3.8, 4) is 0 Å². The Bertz CT molecular complexity index is 15.5. The van der Waals surface area contributed by atoms with Crippen molar-refractivity contribution >= 4 is 7.32 Å². The molecule has 0 aromatic heterocycles. The first kappa shape index (κ1) is 15.6. The summed E-state index contributed by atoms with van der Waals surface area (Å²) >= 11 is 0. The van der Waals surface area contributed by atoms with E-state index < -0.39 is 7.32 Å². The zero-order valence-electron chi connectivity index (χ0n) is 3.30. The Morgan fingerprint density at radius 3 is 1.00 bits per heavy atom. The van der Waals surface area contributed by atoms with Crippen LogP contribution in [0.25, 0.3) is 0 Å². The molecule has 0 unspecified atom stereocenters. The molecule has 0 aromatic carbocycles. The van der Waals surface area contributed by atoms with Crippen LogP contribution in [-0.2, 0) is 0 Å². The first-order valence-corrected chi connectivity index (χ1v) is 0.775. The van der Waals surface area contributed by atoms with Gasteiger partial charge in [0.05, 0.1) is 0 Å². The fourth-order valence-electron chi connectivity index (χ4n) is 0. The Kier molecular flexibility index (Phi) is 25.7. The zero-order valence-corrected chi connectivity index (χ0v) is 8.21. The van der Waals surface area contributed by atoms with Gasteiger partial charge in [-0.25, -0.2) is 0 Å². The third kappa shape index (κ3) is 44.1. The Labute approximate surface area is 83.7 Å². The van der Waals surface area contributed by atoms with Crippen molar-refractivity contribution in [2.45, 2.75) is 0 Å². The number of hydrogen-bond acceptors (Lipinski definition) is 3. The summed E-state index contributed by atoms with van der Waals surface area (Å²) in [5, 5.41) is 21.5. The van der Waals surface area contributed by atoms with Crippen LogP contribution in [0.2, 0.25) is 0 Å². The van der Waals surface area contributed by atoms with Gasteiger partial charge in [-0.3, -0.25) is 0 Å². The summed E-state index contributed by atoms with van der Waals surface area (Å²) in [5.74, 6) is 0. The van der Waals surface area contributed by atoms with Crippen LogP contribution in [0.1, 0.15) is 0 Å². The van der Waals surface area contributed by atoms with Gasteiger partial charge in [-0.15, -0.1) is 0 Å². The van der Waals surface area contributed by atoms with E-state index in [4.69, 9.17) is 15.1 Å². The summed E-state index contributed by atoms with van der Waals surface area (Å²) in [6, 6.07) is 0. The molecule has 0 aromatic rings. The molecular weight excluding hydrogens is 163 g/mol. The predicted molar refractivity (Wildman–Crippen MR) is 12.4 cm³/mol. The fraction of sp³-hybridized carbons (Fsp3) is 0. The van der Waals surface area contributed by atoms with Crippen LogP contribution >= 0.6 is 0 Å². The molecule has 0 aliphatic rings. The molecule has 0 spiro atoms. The van der Waals surface area contributed by atoms with Crippen molar-refractivity contribution in [3.05, 3.63) is 0 Å². The maximum atomic E-state index is 7.17. The molecule has 0 bridgehead atoms. The monoisotopic (exact) mass is 166 g/mol. The summed E-state index contributed by atoms with van der Waals surface area (Å²) in [6.45, 7) is 0. The Hall–Kier alpha value is 1.68. The third-order valence-electron chi connectivity index (χ3n) is 0. The van der Waals surface area contributed by atoms with E-state index in [0.29, 0.717) is 0 Å². The Balaban J connectivity index is -0.0000000450. The molecule has 0 atom stereocenters. The van der Waals surface area contributed by atoms with Crippen molar-refractivity contribution < 1.29 is 78.0 Å². The molecule has 0 fully saturated rings. The minimum Gasteiger partial charge on any atom is -1.00 e. The van der Waals surface area contributed by atoms with Gasteiger partial charge in [-0.1, -0.05) is 0 Å². The normalized spacial score (nSPS) is 4.50. The summed E-state index contributed by atoms with van der Waals surface area (Å²) in [5.41, 5.74) is 0. The van der Waals surface area contributed by atoms with Gasteiger partial charge in [0.1, 0.15) is 0 Å². The van der Waals surface area contributed by atoms with Gasteiger partial charge in [0, 0.05) is 0 Å². The Morgan fingerprint density at radius 2 is 1.00 bits per heavy atom. The second-order valence-corrected chi connectivity index (χ2v) is 0.346. The third-order valence-corrected chi connectivity index (χ3v) is 0. The van der Waals surface area contributed by atoms with Crippen molar-refractivity contribution in [1.29, 1.82) is 0 Å². The maximum absolute atomic E-state index is 7.17. The average Bonchev–Trinajstić information content (AvgIpc) is 0.811. The molecular formula is H3BFO3Rb. The van der Waals surface area contributed by atoms with E-state index >= 15 is 0 Å². The van der Waals surface area contributed by atoms with Crippen LogP contribution < -0.4 is 62.9 Å². The molecule has 0 amide bonds. The maximum Gasteiger partial charge on any atom is 1.00 e. The molecule has 6 heteroatoms.